The Kier molecular flexibility index (Phi) is 4.79. The van der Waals surface area contributed by atoms with E-state index in [-0.39, 0.29) is 5.91 Å². The molecule has 0 fully saturated rings. The quantitative estimate of drug-likeness (QED) is 0.830. The van der Waals surface area contributed by atoms with Gasteiger partial charge in [-0.2, -0.15) is 5.10 Å². The number of nitrogens with one attached hydrogen (secondary N) is 1. The fourth-order valence-corrected chi connectivity index (χ4v) is 4.27. The molecule has 3 heterocycles. The van der Waals surface area contributed by atoms with Gasteiger partial charge in [0.25, 0.3) is 0 Å². The van der Waals surface area contributed by atoms with Crippen LogP contribution >= 0.6 is 0 Å². The first-order valence-electron chi connectivity index (χ1n) is 9.85. The number of amides is 1. The first-order valence-corrected chi connectivity index (χ1v) is 9.85. The monoisotopic (exact) mass is 377 g/mol. The predicted octanol–water partition coefficient (Wildman–Crippen LogP) is 3.67. The Morgan fingerprint density at radius 3 is 2.93 bits per heavy atom. The van der Waals surface area contributed by atoms with Gasteiger partial charge >= 0.3 is 0 Å². The molecule has 0 radical (unpaired) electrons. The van der Waals surface area contributed by atoms with Crippen LogP contribution in [0.4, 0.5) is 11.5 Å². The number of aliphatic imine (C=N–C) groups is 1. The summed E-state index contributed by atoms with van der Waals surface area (Å²) in [5.41, 5.74) is 7.16. The first-order chi connectivity index (χ1) is 13.5. The topological polar surface area (TPSA) is 64.6 Å². The number of aromatic amines is 1. The lowest BCUT2D eigenvalue weighted by atomic mass is 9.97. The van der Waals surface area contributed by atoms with Crippen LogP contribution in [0.5, 0.6) is 0 Å². The van der Waals surface area contributed by atoms with E-state index in [1.165, 1.54) is 16.8 Å². The molecule has 1 atom stereocenters. The number of carbonyl (C=O) groups is 1. The number of nitrogens with zero attached hydrogens (tertiary/aromatic N) is 4. The van der Waals surface area contributed by atoms with Gasteiger partial charge in [-0.3, -0.25) is 14.9 Å². The predicted molar refractivity (Wildman–Crippen MR) is 113 cm³/mol. The van der Waals surface area contributed by atoms with E-state index in [0.717, 1.165) is 42.2 Å². The molecule has 28 heavy (non-hydrogen) atoms. The number of fused-ring (bicyclic) bond motifs is 2. The van der Waals surface area contributed by atoms with Gasteiger partial charge in [0.05, 0.1) is 6.54 Å². The number of rotatable bonds is 3. The minimum atomic E-state index is 0.120. The average molecular weight is 377 g/mol. The third-order valence-electron chi connectivity index (χ3n) is 5.83. The van der Waals surface area contributed by atoms with Crippen molar-refractivity contribution in [2.24, 2.45) is 4.99 Å². The van der Waals surface area contributed by atoms with Crippen molar-refractivity contribution in [1.29, 1.82) is 0 Å². The van der Waals surface area contributed by atoms with Gasteiger partial charge in [-0.15, -0.1) is 0 Å². The highest BCUT2D eigenvalue weighted by Crippen LogP contribution is 2.43. The first kappa shape index (κ1) is 18.5. The van der Waals surface area contributed by atoms with Crippen LogP contribution < -0.4 is 4.90 Å². The molecular formula is C22H27N5O. The summed E-state index contributed by atoms with van der Waals surface area (Å²) >= 11 is 0. The zero-order chi connectivity index (χ0) is 19.8. The van der Waals surface area contributed by atoms with E-state index in [1.54, 1.807) is 14.0 Å². The van der Waals surface area contributed by atoms with Crippen molar-refractivity contribution in [1.82, 2.24) is 15.1 Å². The Labute approximate surface area is 166 Å². The lowest BCUT2D eigenvalue weighted by Crippen LogP contribution is -2.34. The number of allylic oxidation sites excluding steroid dienone is 2. The zero-order valence-corrected chi connectivity index (χ0v) is 17.0. The molecule has 0 spiro atoms. The van der Waals surface area contributed by atoms with Crippen LogP contribution in [0.1, 0.15) is 49.1 Å². The van der Waals surface area contributed by atoms with E-state index >= 15 is 0 Å². The van der Waals surface area contributed by atoms with Crippen LogP contribution in [0, 0.1) is 0 Å². The Balaban J connectivity index is 1.71. The van der Waals surface area contributed by atoms with Crippen molar-refractivity contribution >= 4 is 29.2 Å². The maximum Gasteiger partial charge on any atom is 0.219 e. The van der Waals surface area contributed by atoms with Crippen molar-refractivity contribution in [3.63, 3.8) is 0 Å². The molecule has 0 saturated heterocycles. The SMILES string of the molecule is C/C=C(\C=NC)c1ccc2c(c1)C(C)CN2c1n[nH]c2c1CN(C(C)=O)CC2. The molecule has 6 heteroatoms. The van der Waals surface area contributed by atoms with Crippen molar-refractivity contribution in [3.05, 3.63) is 46.7 Å². The molecule has 2 aliphatic heterocycles. The summed E-state index contributed by atoms with van der Waals surface area (Å²) in [5, 5.41) is 7.85. The minimum absolute atomic E-state index is 0.120. The smallest absolute Gasteiger partial charge is 0.219 e. The van der Waals surface area contributed by atoms with Gasteiger partial charge in [0.2, 0.25) is 5.91 Å². The molecule has 2 aliphatic rings. The largest absolute Gasteiger partial charge is 0.338 e. The lowest BCUT2D eigenvalue weighted by Gasteiger charge is -2.27. The molecule has 1 amide bonds. The molecule has 4 rings (SSSR count). The van der Waals surface area contributed by atoms with Crippen molar-refractivity contribution < 1.29 is 4.79 Å². The number of carbonyl (C=O) groups excluding carboxylic acids is 1. The zero-order valence-electron chi connectivity index (χ0n) is 17.0. The van der Waals surface area contributed by atoms with Crippen LogP contribution in [0.15, 0.2) is 29.3 Å². The van der Waals surface area contributed by atoms with E-state index in [9.17, 15) is 4.79 Å². The molecule has 1 aromatic carbocycles. The highest BCUT2D eigenvalue weighted by Gasteiger charge is 2.32. The number of hydrogen-bond acceptors (Lipinski definition) is 4. The maximum atomic E-state index is 11.9. The number of benzene rings is 1. The van der Waals surface area contributed by atoms with E-state index in [1.807, 2.05) is 18.0 Å². The van der Waals surface area contributed by atoms with E-state index in [0.29, 0.717) is 12.5 Å². The second-order valence-corrected chi connectivity index (χ2v) is 7.61. The summed E-state index contributed by atoms with van der Waals surface area (Å²) in [7, 11) is 1.80. The maximum absolute atomic E-state index is 11.9. The highest BCUT2D eigenvalue weighted by atomic mass is 16.2. The summed E-state index contributed by atoms with van der Waals surface area (Å²) in [4.78, 5) is 20.2. The third kappa shape index (κ3) is 3.03. The van der Waals surface area contributed by atoms with Gasteiger partial charge in [-0.25, -0.2) is 0 Å². The van der Waals surface area contributed by atoms with E-state index < -0.39 is 0 Å². The van der Waals surface area contributed by atoms with Crippen molar-refractivity contribution in [3.8, 4) is 0 Å². The molecule has 6 nitrogen and oxygen atoms in total. The second kappa shape index (κ2) is 7.26. The Bertz CT molecular complexity index is 971. The van der Waals surface area contributed by atoms with Crippen molar-refractivity contribution in [2.45, 2.75) is 39.7 Å². The molecule has 0 aliphatic carbocycles. The molecular weight excluding hydrogens is 350 g/mol. The summed E-state index contributed by atoms with van der Waals surface area (Å²) in [6, 6.07) is 6.62. The fraction of sp³-hybridized carbons (Fsp3) is 0.409. The van der Waals surface area contributed by atoms with Gasteiger partial charge in [-0.1, -0.05) is 19.1 Å². The Morgan fingerprint density at radius 2 is 2.21 bits per heavy atom. The van der Waals surface area contributed by atoms with Gasteiger partial charge in [0.15, 0.2) is 5.82 Å². The average Bonchev–Trinajstić information content (AvgIpc) is 3.26. The standard InChI is InChI=1S/C22H27N5O/c1-5-16(11-23-4)17-6-7-21-18(10-17)14(2)12-27(21)22-19-13-26(15(3)28)9-8-20(19)24-25-22/h5-7,10-11,14H,8-9,12-13H2,1-4H3,(H,24,25)/b16-5+,23-11?. The number of hydrogen-bond donors (Lipinski definition) is 1. The summed E-state index contributed by atoms with van der Waals surface area (Å²) < 4.78 is 0. The lowest BCUT2D eigenvalue weighted by molar-refractivity contribution is -0.129. The molecule has 1 N–H and O–H groups in total. The van der Waals surface area contributed by atoms with Crippen LogP contribution in [0.3, 0.4) is 0 Å². The van der Waals surface area contributed by atoms with Gasteiger partial charge in [0, 0.05) is 62.6 Å². The molecule has 1 aromatic heterocycles. The second-order valence-electron chi connectivity index (χ2n) is 7.61. The van der Waals surface area contributed by atoms with Crippen molar-refractivity contribution in [2.75, 3.05) is 25.0 Å². The normalized spacial score (nSPS) is 19.3. The number of H-pyrrole nitrogens is 1. The summed E-state index contributed by atoms with van der Waals surface area (Å²) in [5.74, 6) is 1.49. The summed E-state index contributed by atoms with van der Waals surface area (Å²) in [6.07, 6.45) is 4.82. The molecule has 0 saturated carbocycles. The molecule has 2 aromatic rings. The number of anilines is 2. The van der Waals surface area contributed by atoms with Gasteiger partial charge < -0.3 is 9.80 Å². The third-order valence-corrected chi connectivity index (χ3v) is 5.83. The molecule has 0 bridgehead atoms. The Morgan fingerprint density at radius 1 is 1.39 bits per heavy atom. The summed E-state index contributed by atoms with van der Waals surface area (Å²) in [6.45, 7) is 8.21. The number of aromatic nitrogens is 2. The van der Waals surface area contributed by atoms with Crippen LogP contribution in [0.25, 0.3) is 5.57 Å². The molecule has 146 valence electrons. The minimum Gasteiger partial charge on any atom is -0.338 e. The fourth-order valence-electron chi connectivity index (χ4n) is 4.27. The van der Waals surface area contributed by atoms with E-state index in [2.05, 4.69) is 51.3 Å². The van der Waals surface area contributed by atoms with Crippen LogP contribution in [-0.2, 0) is 17.8 Å². The molecule has 1 unspecified atom stereocenters. The van der Waals surface area contributed by atoms with Gasteiger partial charge in [-0.05, 0) is 35.8 Å². The Hall–Kier alpha value is -2.89. The van der Waals surface area contributed by atoms with E-state index in [4.69, 9.17) is 0 Å². The van der Waals surface area contributed by atoms with Gasteiger partial charge in [0.1, 0.15) is 0 Å². The van der Waals surface area contributed by atoms with Crippen LogP contribution in [0.2, 0.25) is 0 Å². The van der Waals surface area contributed by atoms with Crippen LogP contribution in [-0.4, -0.2) is 47.4 Å². The highest BCUT2D eigenvalue weighted by molar-refractivity contribution is 6.09.